The van der Waals surface area contributed by atoms with E-state index in [4.69, 9.17) is 0 Å². The molecule has 2 aromatic carbocycles. The Balaban J connectivity index is 1.90. The predicted octanol–water partition coefficient (Wildman–Crippen LogP) is 3.43. The van der Waals surface area contributed by atoms with Crippen LogP contribution in [0.2, 0.25) is 0 Å². The van der Waals surface area contributed by atoms with Crippen LogP contribution in [0.5, 0.6) is 0 Å². The number of ketones is 1. The third kappa shape index (κ3) is 3.42. The molecule has 0 aliphatic carbocycles. The summed E-state index contributed by atoms with van der Waals surface area (Å²) < 4.78 is 0. The normalized spacial score (nSPS) is 25.0. The molecular weight excluding hydrogens is 356 g/mol. The molecule has 0 spiro atoms. The number of Topliss-reactive ketones (excluding diaryl/α,β-unsaturated/α-hetero) is 1. The lowest BCUT2D eigenvalue weighted by atomic mass is 9.66. The van der Waals surface area contributed by atoms with Crippen molar-refractivity contribution in [2.24, 2.45) is 11.3 Å². The molecule has 3 unspecified atom stereocenters. The van der Waals surface area contributed by atoms with Crippen molar-refractivity contribution in [1.82, 2.24) is 4.90 Å². The van der Waals surface area contributed by atoms with Gasteiger partial charge in [-0.2, -0.15) is 0 Å². The van der Waals surface area contributed by atoms with Gasteiger partial charge in [0.25, 0.3) is 5.69 Å². The Bertz CT molecular complexity index is 912. The number of carbonyl (C=O) groups is 2. The van der Waals surface area contributed by atoms with Crippen LogP contribution in [-0.4, -0.2) is 34.6 Å². The van der Waals surface area contributed by atoms with Gasteiger partial charge in [-0.25, -0.2) is 0 Å². The minimum atomic E-state index is -0.841. The molecule has 0 radical (unpaired) electrons. The van der Waals surface area contributed by atoms with Gasteiger partial charge in [0.05, 0.1) is 16.4 Å². The number of hydrogen-bond acceptors (Lipinski definition) is 4. The highest BCUT2D eigenvalue weighted by molar-refractivity contribution is 6.00. The lowest BCUT2D eigenvalue weighted by Crippen LogP contribution is -2.61. The van der Waals surface area contributed by atoms with E-state index in [0.717, 1.165) is 5.56 Å². The Morgan fingerprint density at radius 3 is 2.32 bits per heavy atom. The number of amides is 1. The van der Waals surface area contributed by atoms with E-state index >= 15 is 0 Å². The Morgan fingerprint density at radius 2 is 1.68 bits per heavy atom. The predicted molar refractivity (Wildman–Crippen MR) is 106 cm³/mol. The summed E-state index contributed by atoms with van der Waals surface area (Å²) in [7, 11) is 1.62. The van der Waals surface area contributed by atoms with Gasteiger partial charge in [0.2, 0.25) is 5.91 Å². The third-order valence-electron chi connectivity index (χ3n) is 6.00. The van der Waals surface area contributed by atoms with Crippen LogP contribution in [0.1, 0.15) is 25.0 Å². The average molecular weight is 380 g/mol. The van der Waals surface area contributed by atoms with E-state index in [0.29, 0.717) is 12.0 Å². The number of likely N-dealkylation sites (tertiary alicyclic amines) is 1. The van der Waals surface area contributed by atoms with Crippen LogP contribution in [-0.2, 0) is 22.4 Å². The molecule has 1 amide bonds. The summed E-state index contributed by atoms with van der Waals surface area (Å²) >= 11 is 0. The van der Waals surface area contributed by atoms with E-state index in [1.54, 1.807) is 32.2 Å². The Labute approximate surface area is 164 Å². The number of para-hydroxylation sites is 1. The number of piperidine rings is 1. The van der Waals surface area contributed by atoms with Gasteiger partial charge in [-0.1, -0.05) is 55.5 Å². The highest BCUT2D eigenvalue weighted by Gasteiger charge is 2.52. The van der Waals surface area contributed by atoms with Crippen molar-refractivity contribution in [1.29, 1.82) is 0 Å². The Morgan fingerprint density at radius 1 is 1.07 bits per heavy atom. The summed E-state index contributed by atoms with van der Waals surface area (Å²) in [6.07, 6.45) is 0.617. The highest BCUT2D eigenvalue weighted by Crippen LogP contribution is 2.40. The molecular formula is C22H24N2O4. The molecule has 28 heavy (non-hydrogen) atoms. The maximum absolute atomic E-state index is 13.3. The van der Waals surface area contributed by atoms with Crippen molar-refractivity contribution in [2.75, 3.05) is 7.05 Å². The van der Waals surface area contributed by atoms with Gasteiger partial charge in [-0.15, -0.1) is 0 Å². The molecule has 6 nitrogen and oxygen atoms in total. The van der Waals surface area contributed by atoms with Crippen LogP contribution < -0.4 is 0 Å². The second kappa shape index (κ2) is 7.54. The van der Waals surface area contributed by atoms with Gasteiger partial charge in [0, 0.05) is 31.0 Å². The Kier molecular flexibility index (Phi) is 5.31. The second-order valence-corrected chi connectivity index (χ2v) is 7.73. The first-order valence-electron chi connectivity index (χ1n) is 9.33. The van der Waals surface area contributed by atoms with Crippen LogP contribution in [0.25, 0.3) is 0 Å². The van der Waals surface area contributed by atoms with E-state index in [2.05, 4.69) is 0 Å². The largest absolute Gasteiger partial charge is 0.335 e. The first-order chi connectivity index (χ1) is 13.3. The van der Waals surface area contributed by atoms with Crippen molar-refractivity contribution in [3.05, 3.63) is 75.8 Å². The zero-order valence-electron chi connectivity index (χ0n) is 16.3. The summed E-state index contributed by atoms with van der Waals surface area (Å²) in [5.41, 5.74) is 0.598. The average Bonchev–Trinajstić information content (AvgIpc) is 2.69. The first-order valence-corrected chi connectivity index (χ1v) is 9.33. The molecule has 1 aliphatic heterocycles. The van der Waals surface area contributed by atoms with Crippen LogP contribution >= 0.6 is 0 Å². The third-order valence-corrected chi connectivity index (χ3v) is 6.00. The monoisotopic (exact) mass is 380 g/mol. The van der Waals surface area contributed by atoms with Crippen LogP contribution in [0.4, 0.5) is 5.69 Å². The van der Waals surface area contributed by atoms with Gasteiger partial charge in [-0.05, 0) is 18.9 Å². The summed E-state index contributed by atoms with van der Waals surface area (Å²) in [6.45, 7) is 3.63. The fourth-order valence-electron chi connectivity index (χ4n) is 4.08. The smallest absolute Gasteiger partial charge is 0.272 e. The minimum Gasteiger partial charge on any atom is -0.335 e. The van der Waals surface area contributed by atoms with Crippen molar-refractivity contribution in [3.8, 4) is 0 Å². The van der Waals surface area contributed by atoms with Crippen LogP contribution in [0.15, 0.2) is 54.6 Å². The van der Waals surface area contributed by atoms with E-state index in [1.165, 1.54) is 11.0 Å². The molecule has 146 valence electrons. The number of rotatable bonds is 5. The van der Waals surface area contributed by atoms with Gasteiger partial charge in [0.1, 0.15) is 0 Å². The van der Waals surface area contributed by atoms with Crippen LogP contribution in [0, 0.1) is 21.4 Å². The molecule has 6 heteroatoms. The van der Waals surface area contributed by atoms with Crippen LogP contribution in [0.3, 0.4) is 0 Å². The number of benzene rings is 2. The molecule has 1 aliphatic rings. The molecule has 2 aromatic rings. The number of carbonyl (C=O) groups excluding carboxylic acids is 2. The van der Waals surface area contributed by atoms with E-state index in [9.17, 15) is 19.7 Å². The SMILES string of the molecule is CC1C(=O)C(Cc2ccccc2[N+](=O)[O-])N(C)C(=O)C1(C)Cc1ccccc1. The molecule has 0 saturated carbocycles. The molecule has 1 heterocycles. The Hall–Kier alpha value is -3.02. The molecule has 3 atom stereocenters. The van der Waals surface area contributed by atoms with Crippen molar-refractivity contribution in [2.45, 2.75) is 32.7 Å². The number of nitro groups is 1. The van der Waals surface area contributed by atoms with Crippen molar-refractivity contribution >= 4 is 17.4 Å². The first kappa shape index (κ1) is 19.7. The lowest BCUT2D eigenvalue weighted by Gasteiger charge is -2.46. The van der Waals surface area contributed by atoms with Gasteiger partial charge in [0.15, 0.2) is 5.78 Å². The van der Waals surface area contributed by atoms with E-state index in [1.807, 2.05) is 37.3 Å². The maximum atomic E-state index is 13.3. The van der Waals surface area contributed by atoms with Gasteiger partial charge >= 0.3 is 0 Å². The van der Waals surface area contributed by atoms with Crippen molar-refractivity contribution < 1.29 is 14.5 Å². The number of nitro benzene ring substituents is 1. The quantitative estimate of drug-likeness (QED) is 0.588. The lowest BCUT2D eigenvalue weighted by molar-refractivity contribution is -0.385. The van der Waals surface area contributed by atoms with Gasteiger partial charge < -0.3 is 4.90 Å². The molecule has 1 fully saturated rings. The zero-order chi connectivity index (χ0) is 20.5. The minimum absolute atomic E-state index is 0.0265. The second-order valence-electron chi connectivity index (χ2n) is 7.73. The zero-order valence-corrected chi connectivity index (χ0v) is 16.3. The molecule has 0 N–H and O–H groups in total. The summed E-state index contributed by atoms with van der Waals surface area (Å²) in [4.78, 5) is 38.8. The number of nitrogens with zero attached hydrogens (tertiary/aromatic N) is 2. The fourth-order valence-corrected chi connectivity index (χ4v) is 4.08. The summed E-state index contributed by atoms with van der Waals surface area (Å²) in [5, 5.41) is 11.3. The molecule has 0 aromatic heterocycles. The summed E-state index contributed by atoms with van der Waals surface area (Å²) in [5.74, 6) is -0.644. The molecule has 1 saturated heterocycles. The molecule has 3 rings (SSSR count). The summed E-state index contributed by atoms with van der Waals surface area (Å²) in [6, 6.07) is 15.3. The highest BCUT2D eigenvalue weighted by atomic mass is 16.6. The van der Waals surface area contributed by atoms with E-state index < -0.39 is 22.3 Å². The number of hydrogen-bond donors (Lipinski definition) is 0. The maximum Gasteiger partial charge on any atom is 0.272 e. The standard InChI is InChI=1S/C22H24N2O4/c1-15-20(25)19(13-17-11-7-8-12-18(17)24(27)28)23(3)21(26)22(15,2)14-16-9-5-4-6-10-16/h4-12,15,19H,13-14H2,1-3H3. The van der Waals surface area contributed by atoms with Crippen molar-refractivity contribution in [3.63, 3.8) is 0 Å². The van der Waals surface area contributed by atoms with E-state index in [-0.39, 0.29) is 23.8 Å². The number of likely N-dealkylation sites (N-methyl/N-ethyl adjacent to an activating group) is 1. The molecule has 0 bridgehead atoms. The fraction of sp³-hybridized carbons (Fsp3) is 0.364. The topological polar surface area (TPSA) is 80.5 Å². The van der Waals surface area contributed by atoms with Gasteiger partial charge in [-0.3, -0.25) is 19.7 Å².